The van der Waals surface area contributed by atoms with Crippen molar-refractivity contribution in [3.8, 4) is 0 Å². The number of amides is 1. The SMILES string of the molecule is CC(=N)/C(C)=C1\C(=N)Sc2c(NCc3ccc(F)c(C(=O)NC4CCC4)c3)ncnc21. The zero-order chi connectivity index (χ0) is 22.1. The largest absolute Gasteiger partial charge is 0.365 e. The molecule has 2 aliphatic rings. The van der Waals surface area contributed by atoms with Crippen LogP contribution >= 0.6 is 11.8 Å². The van der Waals surface area contributed by atoms with Crippen LogP contribution in [-0.2, 0) is 6.54 Å². The summed E-state index contributed by atoms with van der Waals surface area (Å²) in [6.45, 7) is 3.83. The second-order valence-corrected chi connectivity index (χ2v) is 8.75. The Kier molecular flexibility index (Phi) is 5.86. The van der Waals surface area contributed by atoms with E-state index in [1.54, 1.807) is 19.1 Å². The summed E-state index contributed by atoms with van der Waals surface area (Å²) >= 11 is 1.25. The zero-order valence-corrected chi connectivity index (χ0v) is 18.1. The van der Waals surface area contributed by atoms with Crippen molar-refractivity contribution in [1.82, 2.24) is 15.3 Å². The van der Waals surface area contributed by atoms with Crippen molar-refractivity contribution in [3.05, 3.63) is 52.7 Å². The molecule has 0 bridgehead atoms. The number of halogens is 1. The molecule has 9 heteroatoms. The molecule has 1 aromatic carbocycles. The Morgan fingerprint density at radius 2 is 2.06 bits per heavy atom. The van der Waals surface area contributed by atoms with Crippen LogP contribution < -0.4 is 10.6 Å². The molecule has 31 heavy (non-hydrogen) atoms. The van der Waals surface area contributed by atoms with Crippen LogP contribution in [-0.4, -0.2) is 32.7 Å². The first-order valence-electron chi connectivity index (χ1n) is 10.1. The van der Waals surface area contributed by atoms with Gasteiger partial charge in [-0.2, -0.15) is 0 Å². The summed E-state index contributed by atoms with van der Waals surface area (Å²) < 4.78 is 14.2. The number of benzene rings is 1. The van der Waals surface area contributed by atoms with E-state index in [0.717, 1.165) is 29.7 Å². The van der Waals surface area contributed by atoms with Crippen molar-refractivity contribution < 1.29 is 9.18 Å². The highest BCUT2D eigenvalue weighted by molar-refractivity contribution is 8.15. The summed E-state index contributed by atoms with van der Waals surface area (Å²) in [5.41, 5.74) is 3.17. The number of carbonyl (C=O) groups is 1. The van der Waals surface area contributed by atoms with Gasteiger partial charge in [0.2, 0.25) is 0 Å². The van der Waals surface area contributed by atoms with E-state index in [-0.39, 0.29) is 17.5 Å². The molecule has 0 spiro atoms. The molecule has 1 amide bonds. The monoisotopic (exact) mass is 438 g/mol. The smallest absolute Gasteiger partial charge is 0.254 e. The number of hydrogen-bond donors (Lipinski definition) is 4. The highest BCUT2D eigenvalue weighted by atomic mass is 32.2. The van der Waals surface area contributed by atoms with Gasteiger partial charge in [0.1, 0.15) is 23.0 Å². The lowest BCUT2D eigenvalue weighted by Gasteiger charge is -2.26. The summed E-state index contributed by atoms with van der Waals surface area (Å²) in [6, 6.07) is 4.63. The maximum Gasteiger partial charge on any atom is 0.254 e. The quantitative estimate of drug-likeness (QED) is 0.499. The van der Waals surface area contributed by atoms with Gasteiger partial charge in [0.15, 0.2) is 0 Å². The lowest BCUT2D eigenvalue weighted by molar-refractivity contribution is 0.0912. The predicted octanol–water partition coefficient (Wildman–Crippen LogP) is 4.41. The highest BCUT2D eigenvalue weighted by Gasteiger charge is 2.29. The molecule has 1 saturated carbocycles. The number of aromatic nitrogens is 2. The summed E-state index contributed by atoms with van der Waals surface area (Å²) in [6.07, 6.45) is 4.39. The van der Waals surface area contributed by atoms with Crippen LogP contribution in [0.2, 0.25) is 0 Å². The van der Waals surface area contributed by atoms with E-state index < -0.39 is 5.82 Å². The summed E-state index contributed by atoms with van der Waals surface area (Å²) in [5, 5.41) is 22.6. The van der Waals surface area contributed by atoms with Crippen LogP contribution in [0.3, 0.4) is 0 Å². The van der Waals surface area contributed by atoms with Crippen LogP contribution in [0, 0.1) is 16.6 Å². The van der Waals surface area contributed by atoms with Crippen LogP contribution in [0.25, 0.3) is 5.57 Å². The van der Waals surface area contributed by atoms with Crippen LogP contribution in [0.1, 0.15) is 54.7 Å². The Morgan fingerprint density at radius 3 is 2.74 bits per heavy atom. The Morgan fingerprint density at radius 1 is 1.29 bits per heavy atom. The van der Waals surface area contributed by atoms with E-state index in [2.05, 4.69) is 20.6 Å². The average Bonchev–Trinajstić information content (AvgIpc) is 3.05. The molecule has 1 fully saturated rings. The molecule has 160 valence electrons. The van der Waals surface area contributed by atoms with E-state index in [1.165, 1.54) is 24.2 Å². The van der Waals surface area contributed by atoms with Gasteiger partial charge in [0.05, 0.1) is 16.2 Å². The molecule has 1 aromatic heterocycles. The molecule has 0 saturated heterocycles. The minimum Gasteiger partial charge on any atom is -0.365 e. The summed E-state index contributed by atoms with van der Waals surface area (Å²) in [5.74, 6) is -0.363. The van der Waals surface area contributed by atoms with Gasteiger partial charge >= 0.3 is 0 Å². The molecule has 2 aromatic rings. The van der Waals surface area contributed by atoms with Gasteiger partial charge in [-0.05, 0) is 56.4 Å². The third-order valence-electron chi connectivity index (χ3n) is 5.59. The molecule has 0 radical (unpaired) electrons. The molecular weight excluding hydrogens is 415 g/mol. The van der Waals surface area contributed by atoms with Crippen molar-refractivity contribution in [2.24, 2.45) is 0 Å². The standard InChI is InChI=1S/C22H23FN6OS/c1-11(12(2)24)17-18-19(31-20(17)25)21(28-10-27-18)26-9-13-6-7-16(23)15(8-13)22(30)29-14-4-3-5-14/h6-8,10,14,24-25H,3-5,9H2,1-2H3,(H,29,30)(H,26,27,28)/b17-11-,24-12?,25-20?. The average molecular weight is 439 g/mol. The number of nitrogens with one attached hydrogen (secondary N) is 4. The van der Waals surface area contributed by atoms with E-state index in [4.69, 9.17) is 10.8 Å². The number of fused-ring (bicyclic) bond motifs is 1. The van der Waals surface area contributed by atoms with E-state index >= 15 is 0 Å². The van der Waals surface area contributed by atoms with Crippen molar-refractivity contribution in [2.45, 2.75) is 50.6 Å². The van der Waals surface area contributed by atoms with Crippen LogP contribution in [0.15, 0.2) is 35.0 Å². The van der Waals surface area contributed by atoms with Gasteiger partial charge in [0, 0.05) is 23.9 Å². The third kappa shape index (κ3) is 4.23. The van der Waals surface area contributed by atoms with E-state index in [0.29, 0.717) is 40.0 Å². The molecule has 7 nitrogen and oxygen atoms in total. The Balaban J connectivity index is 1.54. The summed E-state index contributed by atoms with van der Waals surface area (Å²) in [4.78, 5) is 21.8. The lowest BCUT2D eigenvalue weighted by atomic mass is 9.93. The molecule has 0 unspecified atom stereocenters. The van der Waals surface area contributed by atoms with Crippen molar-refractivity contribution in [3.63, 3.8) is 0 Å². The number of anilines is 1. The predicted molar refractivity (Wildman–Crippen MR) is 120 cm³/mol. The van der Waals surface area contributed by atoms with Gasteiger partial charge < -0.3 is 16.0 Å². The van der Waals surface area contributed by atoms with Gasteiger partial charge in [0.25, 0.3) is 5.91 Å². The maximum atomic E-state index is 14.2. The molecule has 0 atom stereocenters. The zero-order valence-electron chi connectivity index (χ0n) is 17.3. The van der Waals surface area contributed by atoms with Crippen LogP contribution in [0.5, 0.6) is 0 Å². The van der Waals surface area contributed by atoms with Gasteiger partial charge in [-0.3, -0.25) is 10.2 Å². The maximum absolute atomic E-state index is 14.2. The number of rotatable bonds is 6. The van der Waals surface area contributed by atoms with E-state index in [9.17, 15) is 9.18 Å². The molecule has 1 aliphatic carbocycles. The minimum atomic E-state index is -0.542. The summed E-state index contributed by atoms with van der Waals surface area (Å²) in [7, 11) is 0. The fraction of sp³-hybridized carbons (Fsp3) is 0.318. The Hall–Kier alpha value is -3.07. The van der Waals surface area contributed by atoms with Gasteiger partial charge in [-0.1, -0.05) is 17.8 Å². The van der Waals surface area contributed by atoms with Crippen molar-refractivity contribution in [1.29, 1.82) is 10.8 Å². The van der Waals surface area contributed by atoms with Gasteiger partial charge in [-0.25, -0.2) is 14.4 Å². The number of thioether (sulfide) groups is 1. The third-order valence-corrected chi connectivity index (χ3v) is 6.58. The Labute approximate surface area is 184 Å². The second-order valence-electron chi connectivity index (χ2n) is 7.73. The molecular formula is C22H23FN6OS. The second kappa shape index (κ2) is 8.58. The first-order chi connectivity index (χ1) is 14.8. The first-order valence-corrected chi connectivity index (χ1v) is 10.9. The fourth-order valence-corrected chi connectivity index (χ4v) is 4.46. The molecule has 4 N–H and O–H groups in total. The van der Waals surface area contributed by atoms with Gasteiger partial charge in [-0.15, -0.1) is 0 Å². The Bertz CT molecular complexity index is 1120. The highest BCUT2D eigenvalue weighted by Crippen LogP contribution is 2.44. The van der Waals surface area contributed by atoms with Crippen LogP contribution in [0.4, 0.5) is 10.2 Å². The first kappa shape index (κ1) is 21.2. The van der Waals surface area contributed by atoms with Crippen molar-refractivity contribution in [2.75, 3.05) is 5.32 Å². The number of hydrogen-bond acceptors (Lipinski definition) is 7. The van der Waals surface area contributed by atoms with E-state index in [1.807, 2.05) is 6.92 Å². The number of allylic oxidation sites excluding steroid dienone is 1. The topological polar surface area (TPSA) is 115 Å². The minimum absolute atomic E-state index is 0.0394. The molecule has 4 rings (SSSR count). The number of nitrogens with zero attached hydrogens (tertiary/aromatic N) is 2. The molecule has 2 heterocycles. The molecule has 1 aliphatic heterocycles. The lowest BCUT2D eigenvalue weighted by Crippen LogP contribution is -2.39. The number of carbonyl (C=O) groups excluding carboxylic acids is 1. The van der Waals surface area contributed by atoms with Crippen molar-refractivity contribution >= 4 is 39.8 Å². The normalized spacial score (nSPS) is 17.1. The fourth-order valence-electron chi connectivity index (χ4n) is 3.43.